The molecule has 1 aromatic heterocycles. The molecule has 1 heterocycles. The molecule has 0 spiro atoms. The molecule has 1 aromatic carbocycles. The van der Waals surface area contributed by atoms with E-state index in [0.29, 0.717) is 0 Å². The molecule has 0 bridgehead atoms. The zero-order chi connectivity index (χ0) is 18.2. The molecule has 0 amide bonds. The van der Waals surface area contributed by atoms with Crippen LogP contribution in [-0.4, -0.2) is 34.1 Å². The largest absolute Gasteiger partial charge is 0.327 e. The third-order valence-corrected chi connectivity index (χ3v) is 4.89. The Morgan fingerprint density at radius 2 is 1.76 bits per heavy atom. The van der Waals surface area contributed by atoms with Crippen molar-refractivity contribution < 1.29 is 0 Å². The first-order valence-corrected chi connectivity index (χ1v) is 10.1. The number of nitrogens with zero attached hydrogens (tertiary/aromatic N) is 3. The van der Waals surface area contributed by atoms with Crippen molar-refractivity contribution in [1.29, 1.82) is 0 Å². The van der Waals surface area contributed by atoms with Crippen LogP contribution >= 0.6 is 11.6 Å². The van der Waals surface area contributed by atoms with Gasteiger partial charge in [0.1, 0.15) is 5.82 Å². The number of aryl methyl sites for hydroxylation is 1. The van der Waals surface area contributed by atoms with Gasteiger partial charge in [-0.25, -0.2) is 4.98 Å². The Kier molecular flexibility index (Phi) is 8.20. The minimum Gasteiger partial charge on any atom is -0.327 e. The van der Waals surface area contributed by atoms with Gasteiger partial charge in [0, 0.05) is 11.6 Å². The van der Waals surface area contributed by atoms with Crippen molar-refractivity contribution in [3.63, 3.8) is 0 Å². The maximum Gasteiger partial charge on any atom is 0.126 e. The Bertz CT molecular complexity index is 642. The van der Waals surface area contributed by atoms with Gasteiger partial charge in [0.25, 0.3) is 0 Å². The molecule has 0 radical (unpaired) electrons. The molecule has 2 rings (SSSR count). The Hall–Kier alpha value is -1.10. The van der Waals surface area contributed by atoms with Crippen LogP contribution in [0.15, 0.2) is 18.2 Å². The summed E-state index contributed by atoms with van der Waals surface area (Å²) in [7, 11) is 0. The van der Waals surface area contributed by atoms with Crippen LogP contribution in [0.2, 0.25) is 5.02 Å². The number of benzene rings is 1. The van der Waals surface area contributed by atoms with E-state index in [0.717, 1.165) is 41.4 Å². The Balaban J connectivity index is 2.06. The smallest absolute Gasteiger partial charge is 0.126 e. The van der Waals surface area contributed by atoms with Crippen molar-refractivity contribution in [2.75, 3.05) is 19.6 Å². The Morgan fingerprint density at radius 1 is 1.12 bits per heavy atom. The summed E-state index contributed by atoms with van der Waals surface area (Å²) in [6.07, 6.45) is 6.18. The first-order valence-electron chi connectivity index (χ1n) is 9.70. The summed E-state index contributed by atoms with van der Waals surface area (Å²) in [6, 6.07) is 5.83. The average Bonchev–Trinajstić information content (AvgIpc) is 2.94. The normalized spacial score (nSPS) is 13.0. The molecule has 5 heteroatoms. The molecule has 0 saturated heterocycles. The zero-order valence-corrected chi connectivity index (χ0v) is 16.7. The SMILES string of the molecule is CCCCN(CCCC)CCCn1c(C(C)N)nc2cc(Cl)ccc21. The molecule has 0 aliphatic heterocycles. The van der Waals surface area contributed by atoms with Gasteiger partial charge in [0.2, 0.25) is 0 Å². The van der Waals surface area contributed by atoms with Crippen LogP contribution in [-0.2, 0) is 6.54 Å². The highest BCUT2D eigenvalue weighted by atomic mass is 35.5. The van der Waals surface area contributed by atoms with E-state index in [1.807, 2.05) is 19.1 Å². The van der Waals surface area contributed by atoms with Gasteiger partial charge in [-0.15, -0.1) is 0 Å². The third kappa shape index (κ3) is 5.70. The maximum absolute atomic E-state index is 6.15. The molecule has 4 nitrogen and oxygen atoms in total. The summed E-state index contributed by atoms with van der Waals surface area (Å²) in [5, 5.41) is 0.721. The van der Waals surface area contributed by atoms with Gasteiger partial charge in [-0.3, -0.25) is 0 Å². The highest BCUT2D eigenvalue weighted by Gasteiger charge is 2.14. The number of imidazole rings is 1. The number of hydrogen-bond donors (Lipinski definition) is 1. The minimum absolute atomic E-state index is 0.0811. The summed E-state index contributed by atoms with van der Waals surface area (Å²) < 4.78 is 2.27. The van der Waals surface area contributed by atoms with E-state index in [9.17, 15) is 0 Å². The summed E-state index contributed by atoms with van der Waals surface area (Å²) in [5.41, 5.74) is 8.22. The van der Waals surface area contributed by atoms with E-state index in [2.05, 4.69) is 29.4 Å². The number of hydrogen-bond acceptors (Lipinski definition) is 3. The molecule has 2 N–H and O–H groups in total. The van der Waals surface area contributed by atoms with Crippen LogP contribution in [0.25, 0.3) is 11.0 Å². The number of halogens is 1. The molecule has 25 heavy (non-hydrogen) atoms. The third-order valence-electron chi connectivity index (χ3n) is 4.66. The van der Waals surface area contributed by atoms with E-state index < -0.39 is 0 Å². The van der Waals surface area contributed by atoms with Crippen molar-refractivity contribution in [2.45, 2.75) is 65.5 Å². The summed E-state index contributed by atoms with van der Waals surface area (Å²) >= 11 is 6.12. The van der Waals surface area contributed by atoms with Gasteiger partial charge < -0.3 is 15.2 Å². The van der Waals surface area contributed by atoms with E-state index >= 15 is 0 Å². The van der Waals surface area contributed by atoms with Crippen LogP contribution in [0.4, 0.5) is 0 Å². The zero-order valence-electron chi connectivity index (χ0n) is 16.0. The van der Waals surface area contributed by atoms with Crippen LogP contribution in [0, 0.1) is 0 Å². The molecule has 140 valence electrons. The lowest BCUT2D eigenvalue weighted by molar-refractivity contribution is 0.257. The summed E-state index contributed by atoms with van der Waals surface area (Å²) in [4.78, 5) is 7.32. The van der Waals surface area contributed by atoms with E-state index in [4.69, 9.17) is 22.3 Å². The molecule has 1 unspecified atom stereocenters. The first kappa shape index (κ1) is 20.2. The van der Waals surface area contributed by atoms with Gasteiger partial charge in [0.15, 0.2) is 0 Å². The number of unbranched alkanes of at least 4 members (excludes halogenated alkanes) is 2. The van der Waals surface area contributed by atoms with Crippen molar-refractivity contribution in [1.82, 2.24) is 14.5 Å². The number of rotatable bonds is 11. The van der Waals surface area contributed by atoms with Gasteiger partial charge >= 0.3 is 0 Å². The lowest BCUT2D eigenvalue weighted by Gasteiger charge is -2.22. The van der Waals surface area contributed by atoms with Crippen LogP contribution in [0.3, 0.4) is 0 Å². The Morgan fingerprint density at radius 3 is 2.36 bits per heavy atom. The molecular formula is C20H33ClN4. The van der Waals surface area contributed by atoms with Gasteiger partial charge in [-0.1, -0.05) is 38.3 Å². The molecule has 1 atom stereocenters. The van der Waals surface area contributed by atoms with Gasteiger partial charge in [-0.05, 0) is 64.0 Å². The lowest BCUT2D eigenvalue weighted by Crippen LogP contribution is -2.28. The molecule has 0 aliphatic carbocycles. The van der Waals surface area contributed by atoms with Crippen LogP contribution in [0.1, 0.15) is 64.7 Å². The van der Waals surface area contributed by atoms with Crippen LogP contribution in [0.5, 0.6) is 0 Å². The first-order chi connectivity index (χ1) is 12.1. The maximum atomic E-state index is 6.15. The molecule has 2 aromatic rings. The predicted molar refractivity (Wildman–Crippen MR) is 108 cm³/mol. The standard InChI is InChI=1S/C20H33ClN4/c1-4-6-11-24(12-7-5-2)13-8-14-25-19-10-9-17(21)15-18(19)23-20(25)16(3)22/h9-10,15-16H,4-8,11-14,22H2,1-3H3. The second-order valence-corrected chi connectivity index (χ2v) is 7.38. The second kappa shape index (κ2) is 10.1. The lowest BCUT2D eigenvalue weighted by atomic mass is 10.2. The Labute approximate surface area is 157 Å². The number of fused-ring (bicyclic) bond motifs is 1. The van der Waals surface area contributed by atoms with Gasteiger partial charge in [0.05, 0.1) is 17.1 Å². The number of nitrogens with two attached hydrogens (primary N) is 1. The fourth-order valence-electron chi connectivity index (χ4n) is 3.26. The van der Waals surface area contributed by atoms with Gasteiger partial charge in [-0.2, -0.15) is 0 Å². The molecule has 0 aliphatic rings. The van der Waals surface area contributed by atoms with Crippen LogP contribution < -0.4 is 5.73 Å². The fourth-order valence-corrected chi connectivity index (χ4v) is 3.42. The summed E-state index contributed by atoms with van der Waals surface area (Å²) in [6.45, 7) is 11.0. The minimum atomic E-state index is -0.0811. The highest BCUT2D eigenvalue weighted by molar-refractivity contribution is 6.31. The van der Waals surface area contributed by atoms with Crippen molar-refractivity contribution in [2.24, 2.45) is 5.73 Å². The topological polar surface area (TPSA) is 47.1 Å². The van der Waals surface area contributed by atoms with Crippen molar-refractivity contribution in [3.05, 3.63) is 29.0 Å². The highest BCUT2D eigenvalue weighted by Crippen LogP contribution is 2.23. The molecule has 0 fully saturated rings. The van der Waals surface area contributed by atoms with Crippen molar-refractivity contribution in [3.8, 4) is 0 Å². The van der Waals surface area contributed by atoms with E-state index in [1.165, 1.54) is 38.8 Å². The fraction of sp³-hybridized carbons (Fsp3) is 0.650. The second-order valence-electron chi connectivity index (χ2n) is 6.95. The average molecular weight is 365 g/mol. The van der Waals surface area contributed by atoms with E-state index in [-0.39, 0.29) is 6.04 Å². The van der Waals surface area contributed by atoms with Crippen molar-refractivity contribution >= 4 is 22.6 Å². The van der Waals surface area contributed by atoms with E-state index in [1.54, 1.807) is 0 Å². The molecular weight excluding hydrogens is 332 g/mol. The quantitative estimate of drug-likeness (QED) is 0.610. The predicted octanol–water partition coefficient (Wildman–Crippen LogP) is 5.00. The summed E-state index contributed by atoms with van der Waals surface area (Å²) in [5.74, 6) is 0.950. The monoisotopic (exact) mass is 364 g/mol. The number of aromatic nitrogens is 2. The molecule has 0 saturated carbocycles.